The molecule has 2 aliphatic rings. The molecule has 7 heteroatoms. The summed E-state index contributed by atoms with van der Waals surface area (Å²) in [6.07, 6.45) is 0. The minimum atomic E-state index is -0.393. The van der Waals surface area contributed by atoms with Crippen LogP contribution in [0.1, 0.15) is 63.8 Å². The van der Waals surface area contributed by atoms with Gasteiger partial charge in [-0.2, -0.15) is 10.5 Å². The Bertz CT molecular complexity index is 7270. The molecule has 17 aromatic carbocycles. The zero-order chi connectivity index (χ0) is 80.4. The molecule has 0 amide bonds. The zero-order valence-corrected chi connectivity index (χ0v) is 67.1. The van der Waals surface area contributed by atoms with Gasteiger partial charge >= 0.3 is 0 Å². The molecule has 0 bridgehead atoms. The van der Waals surface area contributed by atoms with Crippen LogP contribution in [0.5, 0.6) is 0 Å². The molecule has 0 fully saturated rings. The van der Waals surface area contributed by atoms with Crippen molar-refractivity contribution in [1.82, 2.24) is 9.13 Å². The smallest absolute Gasteiger partial charge is 0.252 e. The van der Waals surface area contributed by atoms with Crippen LogP contribution in [0.25, 0.3) is 144 Å². The molecular formula is C112H81BN6. The Hall–Kier alpha value is -15.0. The first-order valence-electron chi connectivity index (χ1n) is 41.1. The summed E-state index contributed by atoms with van der Waals surface area (Å²) >= 11 is 0. The first-order chi connectivity index (χ1) is 58.2. The van der Waals surface area contributed by atoms with Crippen LogP contribution in [0.2, 0.25) is 0 Å². The third kappa shape index (κ3) is 12.1. The average Bonchev–Trinajstić information content (AvgIpc) is 0.706. The summed E-state index contributed by atoms with van der Waals surface area (Å²) in [4.78, 5) is 5.33. The van der Waals surface area contributed by atoms with Crippen molar-refractivity contribution in [3.05, 3.63) is 404 Å². The minimum Gasteiger partial charge on any atom is -0.310 e. The van der Waals surface area contributed by atoms with Crippen LogP contribution in [-0.2, 0) is 10.8 Å². The number of fused-ring (bicyclic) bond motifs is 10. The van der Waals surface area contributed by atoms with Gasteiger partial charge in [-0.15, -0.1) is 0 Å². The molecule has 0 unspecified atom stereocenters. The lowest BCUT2D eigenvalue weighted by Gasteiger charge is -2.46. The van der Waals surface area contributed by atoms with Crippen molar-refractivity contribution in [2.24, 2.45) is 0 Å². The van der Waals surface area contributed by atoms with E-state index in [0.29, 0.717) is 11.1 Å². The maximum atomic E-state index is 11.3. The fraction of sp³-hybridized carbons (Fsp3) is 0.0714. The van der Waals surface area contributed by atoms with E-state index in [1.807, 2.05) is 30.3 Å². The number of nitrogens with zero attached hydrogens (tertiary/aromatic N) is 6. The fourth-order valence-electron chi connectivity index (χ4n) is 18.9. The Morgan fingerprint density at radius 3 is 0.975 bits per heavy atom. The van der Waals surface area contributed by atoms with Crippen LogP contribution in [0.15, 0.2) is 382 Å². The highest BCUT2D eigenvalue weighted by molar-refractivity contribution is 7.00. The summed E-state index contributed by atoms with van der Waals surface area (Å²) in [5, 5.41) is 27.2. The van der Waals surface area contributed by atoms with Gasteiger partial charge in [0.2, 0.25) is 0 Å². The quantitative estimate of drug-likeness (QED) is 0.114. The number of hydrogen-bond acceptors (Lipinski definition) is 4. The van der Waals surface area contributed by atoms with Crippen LogP contribution in [-0.4, -0.2) is 15.8 Å². The van der Waals surface area contributed by atoms with Gasteiger partial charge in [-0.3, -0.25) is 0 Å². The molecule has 0 N–H and O–H groups in total. The molecule has 0 saturated carbocycles. The average molecular weight is 1520 g/mol. The topological polar surface area (TPSA) is 63.9 Å². The zero-order valence-electron chi connectivity index (χ0n) is 67.1. The van der Waals surface area contributed by atoms with E-state index in [4.69, 9.17) is 0 Å². The van der Waals surface area contributed by atoms with Gasteiger partial charge in [0.25, 0.3) is 6.71 Å². The normalized spacial score (nSPS) is 12.4. The lowest BCUT2D eigenvalue weighted by molar-refractivity contribution is 0.569. The third-order valence-electron chi connectivity index (χ3n) is 24.6. The highest BCUT2D eigenvalue weighted by Crippen LogP contribution is 2.57. The lowest BCUT2D eigenvalue weighted by atomic mass is 9.33. The predicted molar refractivity (Wildman–Crippen MR) is 499 cm³/mol. The Kier molecular flexibility index (Phi) is 17.2. The largest absolute Gasteiger partial charge is 0.310 e. The van der Waals surface area contributed by atoms with Gasteiger partial charge in [-0.05, 0) is 208 Å². The number of para-hydroxylation sites is 4. The van der Waals surface area contributed by atoms with Gasteiger partial charge in [0.05, 0.1) is 56.7 Å². The van der Waals surface area contributed by atoms with Crippen molar-refractivity contribution in [3.8, 4) is 113 Å². The molecule has 0 saturated heterocycles. The van der Waals surface area contributed by atoms with E-state index in [1.54, 1.807) is 0 Å². The predicted octanol–water partition coefficient (Wildman–Crippen LogP) is 27.6. The summed E-state index contributed by atoms with van der Waals surface area (Å²) in [6, 6.07) is 146. The lowest BCUT2D eigenvalue weighted by Crippen LogP contribution is -2.61. The second-order valence-electron chi connectivity index (χ2n) is 33.8. The molecule has 2 aliphatic heterocycles. The summed E-state index contributed by atoms with van der Waals surface area (Å²) in [5.41, 5.74) is 35.0. The van der Waals surface area contributed by atoms with Crippen LogP contribution in [0, 0.1) is 22.7 Å². The van der Waals surface area contributed by atoms with Gasteiger partial charge in [0.1, 0.15) is 0 Å². The van der Waals surface area contributed by atoms with E-state index in [9.17, 15) is 10.5 Å². The first-order valence-corrected chi connectivity index (χ1v) is 41.1. The maximum absolute atomic E-state index is 11.3. The third-order valence-corrected chi connectivity index (χ3v) is 24.6. The highest BCUT2D eigenvalue weighted by Gasteiger charge is 2.46. The maximum Gasteiger partial charge on any atom is 0.252 e. The van der Waals surface area contributed by atoms with Crippen molar-refractivity contribution < 1.29 is 0 Å². The van der Waals surface area contributed by atoms with E-state index in [0.717, 1.165) is 173 Å². The van der Waals surface area contributed by atoms with E-state index in [1.165, 1.54) is 32.7 Å². The van der Waals surface area contributed by atoms with Crippen molar-refractivity contribution in [2.75, 3.05) is 9.80 Å². The molecule has 0 aliphatic carbocycles. The molecule has 119 heavy (non-hydrogen) atoms. The van der Waals surface area contributed by atoms with Gasteiger partial charge in [0, 0.05) is 77.9 Å². The summed E-state index contributed by atoms with van der Waals surface area (Å²) in [6.45, 7) is 13.6. The molecule has 0 spiro atoms. The highest BCUT2D eigenvalue weighted by atomic mass is 15.2. The molecule has 19 aromatic rings. The number of anilines is 6. The number of nitriles is 2. The summed E-state index contributed by atoms with van der Waals surface area (Å²) in [7, 11) is 0. The number of hydrogen-bond donors (Lipinski definition) is 0. The first kappa shape index (κ1) is 71.7. The SMILES string of the molecule is CC(C)(C)c1cc(-c2cc(-c3ccccc3C#N)cc(-c3ccccc3)c2N2c3cc(-n4c5ccccc5c5ccccc54)ccc3B3c4ccc(-n5c6ccccc6c6ccccc65)cc4N(c4c(-c5ccccc5)cc(-c5ccccc5C#N)cc4-c4cccc(-c5ccccc5)c4)c4cc(-c5ccccc5)cc2c43)cc(C(C)(C)C)c1. The molecule has 562 valence electrons. The molecule has 21 rings (SSSR count). The van der Waals surface area contributed by atoms with Crippen LogP contribution in [0.3, 0.4) is 0 Å². The number of rotatable bonds is 12. The Balaban J connectivity index is 0.973. The molecule has 0 radical (unpaired) electrons. The monoisotopic (exact) mass is 1520 g/mol. The Morgan fingerprint density at radius 1 is 0.244 bits per heavy atom. The summed E-state index contributed by atoms with van der Waals surface area (Å²) < 4.78 is 4.94. The number of benzene rings is 17. The van der Waals surface area contributed by atoms with Crippen LogP contribution < -0.4 is 26.2 Å². The molecular weight excluding hydrogens is 1440 g/mol. The van der Waals surface area contributed by atoms with E-state index in [-0.39, 0.29) is 10.8 Å². The van der Waals surface area contributed by atoms with E-state index < -0.39 is 6.71 Å². The Labute approximate surface area is 695 Å². The molecule has 0 atom stereocenters. The van der Waals surface area contributed by atoms with Crippen LogP contribution in [0.4, 0.5) is 34.1 Å². The second-order valence-corrected chi connectivity index (χ2v) is 33.8. The van der Waals surface area contributed by atoms with E-state index >= 15 is 0 Å². The van der Waals surface area contributed by atoms with E-state index in [2.05, 4.69) is 424 Å². The number of aromatic nitrogens is 2. The molecule has 6 nitrogen and oxygen atoms in total. The standard InChI is InChI=1S/C112H81BN6/c1-111(2,3)84-59-81(60-85(67-84)112(4,5)6)97-64-83(89-45-22-20-41-79(89)71-115)62-95(75-38-17-10-18-39-75)110(97)119-105-69-87(117-102-52-29-25-48-92(102)93-49-26-30-53-103(93)117)55-57-99(105)113-98-56-54-86(116-100-50-27-23-46-90(100)91-47-24-28-51-101(91)116)68-104(98)118(106-65-80(66-107(119)108(106)113)73-34-13-8-14-35-73)109-94(74-36-15-9-16-37-74)61-82(88-44-21-19-40-78(88)70-114)63-96(109)77-43-31-42-76(58-77)72-32-11-7-12-33-72/h7-69H,1-6H3. The van der Waals surface area contributed by atoms with Crippen molar-refractivity contribution >= 4 is 101 Å². The Morgan fingerprint density at radius 2 is 0.571 bits per heavy atom. The van der Waals surface area contributed by atoms with Crippen molar-refractivity contribution in [1.29, 1.82) is 10.5 Å². The second kappa shape index (κ2) is 28.5. The molecule has 4 heterocycles. The summed E-state index contributed by atoms with van der Waals surface area (Å²) in [5.74, 6) is 0. The van der Waals surface area contributed by atoms with Gasteiger partial charge in [0.15, 0.2) is 0 Å². The fourth-order valence-corrected chi connectivity index (χ4v) is 18.9. The minimum absolute atomic E-state index is 0.259. The van der Waals surface area contributed by atoms with Gasteiger partial charge in [-0.25, -0.2) is 0 Å². The van der Waals surface area contributed by atoms with Crippen LogP contribution >= 0.6 is 0 Å². The van der Waals surface area contributed by atoms with Crippen molar-refractivity contribution in [3.63, 3.8) is 0 Å². The van der Waals surface area contributed by atoms with Gasteiger partial charge < -0.3 is 18.9 Å². The van der Waals surface area contributed by atoms with Gasteiger partial charge in [-0.1, -0.05) is 321 Å². The van der Waals surface area contributed by atoms with Crippen molar-refractivity contribution in [2.45, 2.75) is 52.4 Å². The molecule has 2 aromatic heterocycles.